The summed E-state index contributed by atoms with van der Waals surface area (Å²) in [6, 6.07) is 4.60. The number of fused-ring (bicyclic) bond motifs is 1. The van der Waals surface area contributed by atoms with Crippen molar-refractivity contribution in [3.05, 3.63) is 42.0 Å². The van der Waals surface area contributed by atoms with Gasteiger partial charge in [0.05, 0.1) is 24.3 Å². The Kier molecular flexibility index (Phi) is 6.67. The van der Waals surface area contributed by atoms with Crippen LogP contribution in [-0.4, -0.2) is 51.8 Å². The predicted molar refractivity (Wildman–Crippen MR) is 138 cm³/mol. The molecular formula is C26H35N7O. The van der Waals surface area contributed by atoms with Gasteiger partial charge in [-0.05, 0) is 51.8 Å². The van der Waals surface area contributed by atoms with Crippen LogP contribution < -0.4 is 15.5 Å². The average molecular weight is 462 g/mol. The van der Waals surface area contributed by atoms with Gasteiger partial charge in [-0.1, -0.05) is 12.8 Å². The Labute approximate surface area is 201 Å². The number of hydrogen-bond donors (Lipinski definition) is 2. The topological polar surface area (TPSA) is 80.1 Å². The van der Waals surface area contributed by atoms with Gasteiger partial charge in [-0.25, -0.2) is 9.97 Å². The Balaban J connectivity index is 1.43. The third kappa shape index (κ3) is 4.73. The molecule has 0 atom stereocenters. The maximum absolute atomic E-state index is 5.68. The Morgan fingerprint density at radius 2 is 1.91 bits per heavy atom. The molecule has 1 aliphatic carbocycles. The molecule has 180 valence electrons. The summed E-state index contributed by atoms with van der Waals surface area (Å²) in [5.41, 5.74) is 4.47. The third-order valence-corrected chi connectivity index (χ3v) is 6.78. The van der Waals surface area contributed by atoms with Crippen LogP contribution in [0.2, 0.25) is 0 Å². The highest BCUT2D eigenvalue weighted by atomic mass is 16.5. The van der Waals surface area contributed by atoms with Crippen molar-refractivity contribution in [1.29, 1.82) is 0 Å². The highest BCUT2D eigenvalue weighted by molar-refractivity contribution is 5.89. The summed E-state index contributed by atoms with van der Waals surface area (Å²) in [5, 5.41) is 7.75. The summed E-state index contributed by atoms with van der Waals surface area (Å²) >= 11 is 0. The summed E-state index contributed by atoms with van der Waals surface area (Å²) in [4.78, 5) is 16.6. The van der Waals surface area contributed by atoms with Gasteiger partial charge in [0.15, 0.2) is 0 Å². The van der Waals surface area contributed by atoms with E-state index in [0.29, 0.717) is 12.0 Å². The van der Waals surface area contributed by atoms with Crippen LogP contribution in [0.1, 0.15) is 56.8 Å². The van der Waals surface area contributed by atoms with Gasteiger partial charge in [0.25, 0.3) is 0 Å². The van der Waals surface area contributed by atoms with Crippen molar-refractivity contribution in [3.8, 4) is 0 Å². The summed E-state index contributed by atoms with van der Waals surface area (Å²) < 4.78 is 8.09. The van der Waals surface area contributed by atoms with E-state index in [4.69, 9.17) is 9.72 Å². The van der Waals surface area contributed by atoms with E-state index in [2.05, 4.69) is 49.1 Å². The van der Waals surface area contributed by atoms with Crippen LogP contribution in [0.25, 0.3) is 17.1 Å². The normalized spacial score (nSPS) is 17.4. The molecule has 2 N–H and O–H groups in total. The minimum Gasteiger partial charge on any atom is -0.499 e. The summed E-state index contributed by atoms with van der Waals surface area (Å²) in [6.07, 6.45) is 12.8. The number of rotatable bonds is 7. The number of ether oxygens (including phenoxy) is 1. The fourth-order valence-corrected chi connectivity index (χ4v) is 5.06. The molecule has 2 fully saturated rings. The standard InChI is InChI=1S/C26H35N7O/c1-18(2)34-15-10-22-19(3)33(20-6-4-5-7-20)25-23(22)17-29-26(31-25)30-24-9-8-21(16-28-24)32-13-11-27-12-14-32/h8-10,15-18,20,27H,4-7,11-14H2,1-3H3,(H,28,29,30,31)/b15-10-. The molecule has 8 nitrogen and oxygen atoms in total. The monoisotopic (exact) mass is 461 g/mol. The van der Waals surface area contributed by atoms with Gasteiger partial charge in [0, 0.05) is 55.1 Å². The maximum atomic E-state index is 5.68. The zero-order valence-corrected chi connectivity index (χ0v) is 20.4. The Hall–Kier alpha value is -3.13. The van der Waals surface area contributed by atoms with Gasteiger partial charge in [-0.15, -0.1) is 0 Å². The summed E-state index contributed by atoms with van der Waals surface area (Å²) in [7, 11) is 0. The lowest BCUT2D eigenvalue weighted by atomic mass is 10.2. The lowest BCUT2D eigenvalue weighted by Crippen LogP contribution is -2.43. The third-order valence-electron chi connectivity index (χ3n) is 6.78. The Bertz CT molecular complexity index is 1140. The predicted octanol–water partition coefficient (Wildman–Crippen LogP) is 4.80. The number of anilines is 3. The molecule has 4 heterocycles. The first kappa shape index (κ1) is 22.7. The molecule has 1 aliphatic heterocycles. The van der Waals surface area contributed by atoms with Crippen LogP contribution in [-0.2, 0) is 4.74 Å². The van der Waals surface area contributed by atoms with Crippen LogP contribution in [0.5, 0.6) is 0 Å². The summed E-state index contributed by atoms with van der Waals surface area (Å²) in [5.74, 6) is 1.32. The molecule has 0 radical (unpaired) electrons. The Morgan fingerprint density at radius 3 is 2.62 bits per heavy atom. The molecule has 3 aromatic rings. The van der Waals surface area contributed by atoms with Crippen molar-refractivity contribution in [2.45, 2.75) is 58.6 Å². The molecule has 0 spiro atoms. The van der Waals surface area contributed by atoms with Gasteiger partial charge >= 0.3 is 0 Å². The lowest BCUT2D eigenvalue weighted by molar-refractivity contribution is 0.181. The highest BCUT2D eigenvalue weighted by Crippen LogP contribution is 2.37. The van der Waals surface area contributed by atoms with E-state index in [1.165, 1.54) is 31.4 Å². The molecule has 0 amide bonds. The van der Waals surface area contributed by atoms with Crippen LogP contribution in [0, 0.1) is 6.92 Å². The summed E-state index contributed by atoms with van der Waals surface area (Å²) in [6.45, 7) is 10.3. The van der Waals surface area contributed by atoms with E-state index >= 15 is 0 Å². The van der Waals surface area contributed by atoms with E-state index in [1.54, 1.807) is 6.26 Å². The molecule has 1 saturated carbocycles. The molecule has 0 unspecified atom stereocenters. The van der Waals surface area contributed by atoms with Crippen LogP contribution in [0.15, 0.2) is 30.8 Å². The maximum Gasteiger partial charge on any atom is 0.230 e. The zero-order chi connectivity index (χ0) is 23.5. The van der Waals surface area contributed by atoms with E-state index in [-0.39, 0.29) is 6.10 Å². The largest absolute Gasteiger partial charge is 0.499 e. The second kappa shape index (κ2) is 10.0. The van der Waals surface area contributed by atoms with Crippen LogP contribution in [0.3, 0.4) is 0 Å². The van der Waals surface area contributed by atoms with E-state index in [9.17, 15) is 0 Å². The van der Waals surface area contributed by atoms with Crippen molar-refractivity contribution >= 4 is 34.6 Å². The van der Waals surface area contributed by atoms with E-state index in [1.807, 2.05) is 32.3 Å². The smallest absolute Gasteiger partial charge is 0.230 e. The van der Waals surface area contributed by atoms with Gasteiger partial charge < -0.3 is 24.8 Å². The minimum absolute atomic E-state index is 0.150. The Morgan fingerprint density at radius 1 is 1.12 bits per heavy atom. The number of nitrogens with one attached hydrogen (secondary N) is 2. The van der Waals surface area contributed by atoms with Crippen LogP contribution >= 0.6 is 0 Å². The van der Waals surface area contributed by atoms with Gasteiger partial charge in [-0.2, -0.15) is 4.98 Å². The molecule has 3 aromatic heterocycles. The quantitative estimate of drug-likeness (QED) is 0.489. The number of piperazine rings is 1. The van der Waals surface area contributed by atoms with Crippen molar-refractivity contribution < 1.29 is 4.74 Å². The number of nitrogens with zero attached hydrogens (tertiary/aromatic N) is 5. The molecule has 0 aromatic carbocycles. The van der Waals surface area contributed by atoms with Gasteiger partial charge in [0.1, 0.15) is 11.5 Å². The number of pyridine rings is 1. The first-order valence-electron chi connectivity index (χ1n) is 12.5. The first-order chi connectivity index (χ1) is 16.6. The SMILES string of the molecule is Cc1c(/C=C\OC(C)C)c2cnc(Nc3ccc(N4CCNCC4)cn3)nc2n1C1CCCC1. The molecule has 2 aliphatic rings. The molecule has 5 rings (SSSR count). The zero-order valence-electron chi connectivity index (χ0n) is 20.4. The highest BCUT2D eigenvalue weighted by Gasteiger charge is 2.24. The number of hydrogen-bond acceptors (Lipinski definition) is 7. The van der Waals surface area contributed by atoms with Crippen molar-refractivity contribution in [3.63, 3.8) is 0 Å². The van der Waals surface area contributed by atoms with Crippen molar-refractivity contribution in [2.75, 3.05) is 36.4 Å². The van der Waals surface area contributed by atoms with Crippen molar-refractivity contribution in [1.82, 2.24) is 24.8 Å². The molecule has 1 saturated heterocycles. The van der Waals surface area contributed by atoms with Gasteiger partial charge in [0.2, 0.25) is 5.95 Å². The second-order valence-corrected chi connectivity index (χ2v) is 9.49. The van der Waals surface area contributed by atoms with Crippen molar-refractivity contribution in [2.24, 2.45) is 0 Å². The fraction of sp³-hybridized carbons (Fsp3) is 0.500. The van der Waals surface area contributed by atoms with Crippen LogP contribution in [0.4, 0.5) is 17.5 Å². The average Bonchev–Trinajstić information content (AvgIpc) is 3.46. The molecule has 8 heteroatoms. The molecular weight excluding hydrogens is 426 g/mol. The second-order valence-electron chi connectivity index (χ2n) is 9.49. The first-order valence-corrected chi connectivity index (χ1v) is 12.5. The molecule has 34 heavy (non-hydrogen) atoms. The fourth-order valence-electron chi connectivity index (χ4n) is 5.06. The van der Waals surface area contributed by atoms with E-state index < -0.39 is 0 Å². The lowest BCUT2D eigenvalue weighted by Gasteiger charge is -2.29. The van der Waals surface area contributed by atoms with Gasteiger partial charge in [-0.3, -0.25) is 0 Å². The minimum atomic E-state index is 0.150. The van der Waals surface area contributed by atoms with E-state index in [0.717, 1.165) is 54.3 Å². The number of aromatic nitrogens is 4. The molecule has 0 bridgehead atoms.